The Morgan fingerprint density at radius 1 is 1.04 bits per heavy atom. The first-order valence-electron chi connectivity index (χ1n) is 9.26. The molecule has 5 rings (SSSR count). The summed E-state index contributed by atoms with van der Waals surface area (Å²) in [6, 6.07) is 9.53. The van der Waals surface area contributed by atoms with Crippen molar-refractivity contribution in [1.29, 1.82) is 0 Å². The number of hydrogen-bond donors (Lipinski definition) is 2. The van der Waals surface area contributed by atoms with Crippen molar-refractivity contribution in [3.63, 3.8) is 0 Å². The van der Waals surface area contributed by atoms with E-state index in [9.17, 15) is 14.7 Å². The number of carboxylic acid groups (broad SMARTS) is 1. The summed E-state index contributed by atoms with van der Waals surface area (Å²) in [5.74, 6) is 1.13. The molecule has 1 aromatic rings. The molecule has 5 heteroatoms. The highest BCUT2D eigenvalue weighted by Gasteiger charge is 2.58. The number of hydrogen-bond acceptors (Lipinski definition) is 3. The monoisotopic (exact) mass is 343 g/mol. The van der Waals surface area contributed by atoms with Gasteiger partial charge >= 0.3 is 12.1 Å². The number of benzene rings is 1. The minimum Gasteiger partial charge on any atom is -0.481 e. The molecule has 4 aliphatic carbocycles. The first-order valence-corrected chi connectivity index (χ1v) is 9.26. The Balaban J connectivity index is 1.48. The zero-order chi connectivity index (χ0) is 17.4. The van der Waals surface area contributed by atoms with Crippen molar-refractivity contribution in [1.82, 2.24) is 5.32 Å². The van der Waals surface area contributed by atoms with Crippen LogP contribution in [0.1, 0.15) is 44.1 Å². The van der Waals surface area contributed by atoms with E-state index in [1.54, 1.807) is 0 Å². The van der Waals surface area contributed by atoms with Crippen molar-refractivity contribution in [2.45, 2.75) is 50.7 Å². The highest BCUT2D eigenvalue weighted by atomic mass is 16.5. The lowest BCUT2D eigenvalue weighted by Gasteiger charge is -2.60. The van der Waals surface area contributed by atoms with E-state index in [1.807, 2.05) is 30.3 Å². The molecule has 4 aliphatic rings. The number of carbonyl (C=O) groups is 2. The molecular weight excluding hydrogens is 318 g/mol. The van der Waals surface area contributed by atoms with Crippen LogP contribution in [0.3, 0.4) is 0 Å². The van der Waals surface area contributed by atoms with E-state index in [2.05, 4.69) is 5.32 Å². The van der Waals surface area contributed by atoms with E-state index in [0.717, 1.165) is 31.2 Å². The van der Waals surface area contributed by atoms with Crippen LogP contribution in [0.2, 0.25) is 0 Å². The lowest BCUT2D eigenvalue weighted by atomic mass is 9.48. The van der Waals surface area contributed by atoms with E-state index in [4.69, 9.17) is 4.74 Å². The average molecular weight is 343 g/mol. The van der Waals surface area contributed by atoms with Crippen LogP contribution in [-0.2, 0) is 16.1 Å². The van der Waals surface area contributed by atoms with Gasteiger partial charge < -0.3 is 15.2 Å². The normalized spacial score (nSPS) is 35.4. The maximum absolute atomic E-state index is 12.5. The molecule has 2 N–H and O–H groups in total. The molecule has 4 bridgehead atoms. The minimum absolute atomic E-state index is 0.00219. The first-order chi connectivity index (χ1) is 12.0. The Morgan fingerprint density at radius 3 is 2.20 bits per heavy atom. The summed E-state index contributed by atoms with van der Waals surface area (Å²) in [5.41, 5.74) is 0.294. The van der Waals surface area contributed by atoms with Gasteiger partial charge in [0.15, 0.2) is 0 Å². The number of ether oxygens (including phenoxy) is 1. The highest BCUT2D eigenvalue weighted by molar-refractivity contribution is 5.73. The SMILES string of the molecule is O=C(O)CC1(NC(=O)OCc2ccccc2)C2CC3CC(C2)CC1C3. The molecule has 0 spiro atoms. The van der Waals surface area contributed by atoms with Crippen LogP contribution < -0.4 is 5.32 Å². The van der Waals surface area contributed by atoms with Gasteiger partial charge in [0.1, 0.15) is 6.61 Å². The third-order valence-corrected chi connectivity index (χ3v) is 6.59. The smallest absolute Gasteiger partial charge is 0.407 e. The van der Waals surface area contributed by atoms with Gasteiger partial charge in [-0.25, -0.2) is 4.79 Å². The number of aliphatic carboxylic acids is 1. The number of alkyl carbamates (subject to hydrolysis) is 1. The molecule has 134 valence electrons. The van der Waals surface area contributed by atoms with Crippen molar-refractivity contribution in [3.05, 3.63) is 35.9 Å². The number of carbonyl (C=O) groups excluding carboxylic acids is 1. The molecule has 0 radical (unpaired) electrons. The maximum Gasteiger partial charge on any atom is 0.407 e. The number of nitrogens with one attached hydrogen (secondary N) is 1. The van der Waals surface area contributed by atoms with E-state index < -0.39 is 17.6 Å². The van der Waals surface area contributed by atoms with E-state index in [-0.39, 0.29) is 24.9 Å². The molecule has 25 heavy (non-hydrogen) atoms. The second kappa shape index (κ2) is 6.36. The Labute approximate surface area is 147 Å². The third kappa shape index (κ3) is 3.12. The molecule has 4 fully saturated rings. The van der Waals surface area contributed by atoms with Gasteiger partial charge in [-0.15, -0.1) is 0 Å². The van der Waals surface area contributed by atoms with E-state index in [0.29, 0.717) is 11.8 Å². The van der Waals surface area contributed by atoms with Crippen molar-refractivity contribution in [3.8, 4) is 0 Å². The summed E-state index contributed by atoms with van der Waals surface area (Å²) in [6.07, 6.45) is 4.96. The number of amides is 1. The summed E-state index contributed by atoms with van der Waals surface area (Å²) < 4.78 is 5.40. The molecule has 0 unspecified atom stereocenters. The van der Waals surface area contributed by atoms with Crippen molar-refractivity contribution < 1.29 is 19.4 Å². The fraction of sp³-hybridized carbons (Fsp3) is 0.600. The minimum atomic E-state index is -0.837. The largest absolute Gasteiger partial charge is 0.481 e. The zero-order valence-corrected chi connectivity index (χ0v) is 14.3. The highest BCUT2D eigenvalue weighted by Crippen LogP contribution is 2.59. The van der Waals surface area contributed by atoms with Gasteiger partial charge in [0.2, 0.25) is 0 Å². The molecule has 0 atom stereocenters. The second-order valence-corrected chi connectivity index (χ2v) is 8.10. The maximum atomic E-state index is 12.5. The van der Waals surface area contributed by atoms with Gasteiger partial charge in [-0.1, -0.05) is 30.3 Å². The second-order valence-electron chi connectivity index (χ2n) is 8.10. The van der Waals surface area contributed by atoms with Crippen LogP contribution in [0, 0.1) is 23.7 Å². The fourth-order valence-electron chi connectivity index (χ4n) is 5.76. The zero-order valence-electron chi connectivity index (χ0n) is 14.3. The van der Waals surface area contributed by atoms with Crippen molar-refractivity contribution in [2.75, 3.05) is 0 Å². The molecule has 0 aromatic heterocycles. The van der Waals surface area contributed by atoms with Crippen LogP contribution in [0.25, 0.3) is 0 Å². The Kier molecular flexibility index (Phi) is 4.18. The van der Waals surface area contributed by atoms with Crippen LogP contribution in [0.15, 0.2) is 30.3 Å². The van der Waals surface area contributed by atoms with Gasteiger partial charge in [0, 0.05) is 0 Å². The van der Waals surface area contributed by atoms with Crippen LogP contribution in [0.4, 0.5) is 4.79 Å². The number of carboxylic acids is 1. The van der Waals surface area contributed by atoms with Crippen LogP contribution in [0.5, 0.6) is 0 Å². The van der Waals surface area contributed by atoms with Crippen molar-refractivity contribution >= 4 is 12.1 Å². The summed E-state index contributed by atoms with van der Waals surface area (Å²) in [4.78, 5) is 24.0. The third-order valence-electron chi connectivity index (χ3n) is 6.59. The lowest BCUT2D eigenvalue weighted by Crippen LogP contribution is -2.66. The first kappa shape index (κ1) is 16.4. The molecule has 1 amide bonds. The summed E-state index contributed by atoms with van der Waals surface area (Å²) in [6.45, 7) is 0.205. The molecule has 0 saturated heterocycles. The van der Waals surface area contributed by atoms with E-state index in [1.165, 1.54) is 6.42 Å². The standard InChI is InChI=1S/C20H25NO4/c22-18(23)11-20(16-7-14-6-15(9-16)10-17(20)8-14)21-19(24)25-12-13-4-2-1-3-5-13/h1-5,14-17H,6-12H2,(H,21,24)(H,22,23). The Morgan fingerprint density at radius 2 is 1.64 bits per heavy atom. The average Bonchev–Trinajstić information content (AvgIpc) is 2.57. The van der Waals surface area contributed by atoms with Gasteiger partial charge in [0.25, 0.3) is 0 Å². The molecule has 5 nitrogen and oxygen atoms in total. The predicted molar refractivity (Wildman–Crippen MR) is 91.8 cm³/mol. The summed E-state index contributed by atoms with van der Waals surface area (Å²) in [5, 5.41) is 12.5. The van der Waals surface area contributed by atoms with Crippen LogP contribution >= 0.6 is 0 Å². The topological polar surface area (TPSA) is 75.6 Å². The van der Waals surface area contributed by atoms with Gasteiger partial charge in [-0.3, -0.25) is 4.79 Å². The fourth-order valence-corrected chi connectivity index (χ4v) is 5.76. The Bertz CT molecular complexity index is 629. The van der Waals surface area contributed by atoms with E-state index >= 15 is 0 Å². The molecule has 0 heterocycles. The van der Waals surface area contributed by atoms with Crippen LogP contribution in [-0.4, -0.2) is 22.7 Å². The number of rotatable bonds is 5. The lowest BCUT2D eigenvalue weighted by molar-refractivity contribution is -0.145. The quantitative estimate of drug-likeness (QED) is 0.857. The Hall–Kier alpha value is -2.04. The van der Waals surface area contributed by atoms with Gasteiger partial charge in [0.05, 0.1) is 12.0 Å². The molecule has 4 saturated carbocycles. The van der Waals surface area contributed by atoms with Crippen molar-refractivity contribution in [2.24, 2.45) is 23.7 Å². The van der Waals surface area contributed by atoms with Gasteiger partial charge in [-0.05, 0) is 61.3 Å². The predicted octanol–water partition coefficient (Wildman–Crippen LogP) is 3.58. The molecular formula is C20H25NO4. The van der Waals surface area contributed by atoms with Gasteiger partial charge in [-0.2, -0.15) is 0 Å². The summed E-state index contributed by atoms with van der Waals surface area (Å²) in [7, 11) is 0. The summed E-state index contributed by atoms with van der Waals surface area (Å²) >= 11 is 0. The molecule has 1 aromatic carbocycles. The molecule has 0 aliphatic heterocycles.